The van der Waals surface area contributed by atoms with E-state index in [1.807, 2.05) is 31.7 Å². The Bertz CT molecular complexity index is 521. The first-order valence-corrected chi connectivity index (χ1v) is 8.75. The first-order chi connectivity index (χ1) is 10.1. The van der Waals surface area contributed by atoms with E-state index in [2.05, 4.69) is 39.1 Å². The van der Waals surface area contributed by atoms with Gasteiger partial charge in [-0.1, -0.05) is 26.8 Å². The minimum Gasteiger partial charge on any atom is -0.481 e. The van der Waals surface area contributed by atoms with Gasteiger partial charge in [-0.2, -0.15) is 11.8 Å². The Morgan fingerprint density at radius 2 is 1.91 bits per heavy atom. The van der Waals surface area contributed by atoms with Crippen molar-refractivity contribution in [3.05, 3.63) is 28.8 Å². The van der Waals surface area contributed by atoms with Crippen molar-refractivity contribution in [2.75, 3.05) is 12.3 Å². The number of carbonyl (C=O) groups excluding carboxylic acids is 1. The molecule has 22 heavy (non-hydrogen) atoms. The molecule has 1 aromatic carbocycles. The summed E-state index contributed by atoms with van der Waals surface area (Å²) in [5, 5.41) is 2.94. The van der Waals surface area contributed by atoms with E-state index in [1.54, 1.807) is 6.92 Å². The molecule has 1 atom stereocenters. The fourth-order valence-corrected chi connectivity index (χ4v) is 2.86. The lowest BCUT2D eigenvalue weighted by Gasteiger charge is -2.19. The van der Waals surface area contributed by atoms with Gasteiger partial charge < -0.3 is 10.1 Å². The third-order valence-corrected chi connectivity index (χ3v) is 4.65. The molecule has 124 valence electrons. The quantitative estimate of drug-likeness (QED) is 0.803. The van der Waals surface area contributed by atoms with Crippen LogP contribution in [0.5, 0.6) is 5.75 Å². The van der Waals surface area contributed by atoms with Crippen LogP contribution in [0.25, 0.3) is 0 Å². The monoisotopic (exact) mass is 323 g/mol. The zero-order valence-corrected chi connectivity index (χ0v) is 15.7. The summed E-state index contributed by atoms with van der Waals surface area (Å²) in [7, 11) is 0. The van der Waals surface area contributed by atoms with E-state index in [1.165, 1.54) is 5.56 Å². The Hall–Kier alpha value is -1.16. The maximum absolute atomic E-state index is 12.1. The van der Waals surface area contributed by atoms with Crippen LogP contribution in [0, 0.1) is 20.8 Å². The lowest BCUT2D eigenvalue weighted by atomic mass is 10.1. The largest absolute Gasteiger partial charge is 0.481 e. The smallest absolute Gasteiger partial charge is 0.260 e. The Balaban J connectivity index is 2.51. The second kappa shape index (κ2) is 7.91. The number of carbonyl (C=O) groups is 1. The molecule has 4 heteroatoms. The Labute approximate surface area is 139 Å². The molecule has 1 N–H and O–H groups in total. The second-order valence-electron chi connectivity index (χ2n) is 6.72. The highest BCUT2D eigenvalue weighted by molar-refractivity contribution is 8.00. The van der Waals surface area contributed by atoms with Gasteiger partial charge in [0, 0.05) is 17.0 Å². The summed E-state index contributed by atoms with van der Waals surface area (Å²) in [5.74, 6) is 1.64. The van der Waals surface area contributed by atoms with Crippen molar-refractivity contribution in [3.63, 3.8) is 0 Å². The highest BCUT2D eigenvalue weighted by Gasteiger charge is 2.16. The number of aryl methyl sites for hydroxylation is 2. The number of hydrogen-bond acceptors (Lipinski definition) is 3. The third-order valence-electron chi connectivity index (χ3n) is 3.37. The molecular formula is C18H29NO2S. The van der Waals surface area contributed by atoms with Gasteiger partial charge in [0.25, 0.3) is 5.91 Å². The summed E-state index contributed by atoms with van der Waals surface area (Å²) in [6, 6.07) is 4.11. The van der Waals surface area contributed by atoms with Crippen LogP contribution in [0.15, 0.2) is 12.1 Å². The standard InChI is InChI=1S/C18H29NO2S/c1-12-10-13(2)14(3)16(11-12)21-15(4)17(20)19-8-9-22-18(5,6)7/h10-11,15H,8-9H2,1-7H3,(H,19,20). The fourth-order valence-electron chi connectivity index (χ4n) is 2.04. The van der Waals surface area contributed by atoms with Crippen molar-refractivity contribution >= 4 is 17.7 Å². The highest BCUT2D eigenvalue weighted by Crippen LogP contribution is 2.24. The molecule has 0 aliphatic carbocycles. The maximum Gasteiger partial charge on any atom is 0.260 e. The van der Waals surface area contributed by atoms with Crippen LogP contribution in [-0.2, 0) is 4.79 Å². The second-order valence-corrected chi connectivity index (χ2v) is 8.64. The predicted molar refractivity (Wildman–Crippen MR) is 96.0 cm³/mol. The van der Waals surface area contributed by atoms with E-state index in [4.69, 9.17) is 4.74 Å². The first-order valence-electron chi connectivity index (χ1n) is 7.76. The summed E-state index contributed by atoms with van der Waals surface area (Å²) in [6.07, 6.45) is -0.487. The van der Waals surface area contributed by atoms with Crippen molar-refractivity contribution in [3.8, 4) is 5.75 Å². The minimum atomic E-state index is -0.487. The number of rotatable bonds is 6. The van der Waals surface area contributed by atoms with E-state index in [-0.39, 0.29) is 10.7 Å². The lowest BCUT2D eigenvalue weighted by molar-refractivity contribution is -0.127. The molecule has 0 spiro atoms. The Morgan fingerprint density at radius 1 is 1.27 bits per heavy atom. The van der Waals surface area contributed by atoms with Crippen LogP contribution in [0.2, 0.25) is 0 Å². The molecule has 1 amide bonds. The van der Waals surface area contributed by atoms with Gasteiger partial charge in [-0.3, -0.25) is 4.79 Å². The van der Waals surface area contributed by atoms with E-state index in [0.717, 1.165) is 22.6 Å². The summed E-state index contributed by atoms with van der Waals surface area (Å²) >= 11 is 1.84. The molecule has 0 aliphatic rings. The first kappa shape index (κ1) is 18.9. The number of amides is 1. The maximum atomic E-state index is 12.1. The summed E-state index contributed by atoms with van der Waals surface area (Å²) < 4.78 is 6.07. The van der Waals surface area contributed by atoms with Crippen molar-refractivity contribution < 1.29 is 9.53 Å². The van der Waals surface area contributed by atoms with Gasteiger partial charge >= 0.3 is 0 Å². The van der Waals surface area contributed by atoms with Gasteiger partial charge in [0.1, 0.15) is 5.75 Å². The predicted octanol–water partition coefficient (Wildman–Crippen LogP) is 4.03. The zero-order valence-electron chi connectivity index (χ0n) is 14.9. The van der Waals surface area contributed by atoms with E-state index in [0.29, 0.717) is 6.54 Å². The van der Waals surface area contributed by atoms with Crippen LogP contribution in [-0.4, -0.2) is 29.1 Å². The van der Waals surface area contributed by atoms with Crippen LogP contribution >= 0.6 is 11.8 Å². The molecular weight excluding hydrogens is 294 g/mol. The van der Waals surface area contributed by atoms with Crippen LogP contribution in [0.1, 0.15) is 44.4 Å². The molecule has 1 rings (SSSR count). The summed E-state index contributed by atoms with van der Waals surface area (Å²) in [6.45, 7) is 15.1. The molecule has 1 aromatic rings. The topological polar surface area (TPSA) is 38.3 Å². The normalized spacial score (nSPS) is 12.9. The molecule has 0 heterocycles. The molecule has 0 aliphatic heterocycles. The van der Waals surface area contributed by atoms with Gasteiger partial charge in [-0.05, 0) is 50.5 Å². The van der Waals surface area contributed by atoms with E-state index in [9.17, 15) is 4.79 Å². The van der Waals surface area contributed by atoms with Crippen molar-refractivity contribution in [1.29, 1.82) is 0 Å². The number of nitrogens with one attached hydrogen (secondary N) is 1. The minimum absolute atomic E-state index is 0.0620. The molecule has 0 saturated carbocycles. The zero-order chi connectivity index (χ0) is 16.9. The van der Waals surface area contributed by atoms with Gasteiger partial charge in [-0.25, -0.2) is 0 Å². The lowest BCUT2D eigenvalue weighted by Crippen LogP contribution is -2.37. The van der Waals surface area contributed by atoms with Gasteiger partial charge in [-0.15, -0.1) is 0 Å². The van der Waals surface area contributed by atoms with Crippen molar-refractivity contribution in [2.24, 2.45) is 0 Å². The SMILES string of the molecule is Cc1cc(C)c(C)c(OC(C)C(=O)NCCSC(C)(C)C)c1. The molecule has 0 radical (unpaired) electrons. The number of ether oxygens (including phenoxy) is 1. The van der Waals surface area contributed by atoms with E-state index < -0.39 is 6.10 Å². The molecule has 1 unspecified atom stereocenters. The van der Waals surface area contributed by atoms with Crippen LogP contribution in [0.4, 0.5) is 0 Å². The molecule has 3 nitrogen and oxygen atoms in total. The number of thioether (sulfide) groups is 1. The van der Waals surface area contributed by atoms with E-state index >= 15 is 0 Å². The Kier molecular flexibility index (Phi) is 6.79. The molecule has 0 fully saturated rings. The number of hydrogen-bond donors (Lipinski definition) is 1. The summed E-state index contributed by atoms with van der Waals surface area (Å²) in [5.41, 5.74) is 3.42. The highest BCUT2D eigenvalue weighted by atomic mass is 32.2. The van der Waals surface area contributed by atoms with Crippen molar-refractivity contribution in [2.45, 2.75) is 59.3 Å². The molecule has 0 aromatic heterocycles. The van der Waals surface area contributed by atoms with Crippen molar-refractivity contribution in [1.82, 2.24) is 5.32 Å². The average Bonchev–Trinajstić information content (AvgIpc) is 2.39. The van der Waals surface area contributed by atoms with Gasteiger partial charge in [0.2, 0.25) is 0 Å². The van der Waals surface area contributed by atoms with Gasteiger partial charge in [0.05, 0.1) is 0 Å². The third kappa shape index (κ3) is 6.30. The fraction of sp³-hybridized carbons (Fsp3) is 0.611. The Morgan fingerprint density at radius 3 is 2.50 bits per heavy atom. The molecule has 0 bridgehead atoms. The van der Waals surface area contributed by atoms with Gasteiger partial charge in [0.15, 0.2) is 6.10 Å². The number of benzene rings is 1. The average molecular weight is 324 g/mol. The van der Waals surface area contributed by atoms with Crippen LogP contribution < -0.4 is 10.1 Å². The molecule has 0 saturated heterocycles. The summed E-state index contributed by atoms with van der Waals surface area (Å²) in [4.78, 5) is 12.1. The van der Waals surface area contributed by atoms with Crippen LogP contribution in [0.3, 0.4) is 0 Å².